The van der Waals surface area contributed by atoms with E-state index >= 15 is 0 Å². The zero-order valence-electron chi connectivity index (χ0n) is 12.6. The first-order valence-electron chi connectivity index (χ1n) is 7.71. The van der Waals surface area contributed by atoms with Crippen molar-refractivity contribution in [2.45, 2.75) is 19.4 Å². The van der Waals surface area contributed by atoms with Crippen LogP contribution in [0.15, 0.2) is 36.4 Å². The molecule has 1 N–H and O–H groups in total. The number of methoxy groups -OCH3 is 1. The Kier molecular flexibility index (Phi) is 4.73. The Morgan fingerprint density at radius 3 is 2.62 bits per heavy atom. The number of rotatable bonds is 5. The van der Waals surface area contributed by atoms with Crippen LogP contribution in [0.2, 0.25) is 0 Å². The van der Waals surface area contributed by atoms with E-state index in [9.17, 15) is 0 Å². The summed E-state index contributed by atoms with van der Waals surface area (Å²) < 4.78 is 10.9. The van der Waals surface area contributed by atoms with Crippen molar-refractivity contribution in [2.24, 2.45) is 5.92 Å². The minimum atomic E-state index is 0.753. The van der Waals surface area contributed by atoms with Crippen molar-refractivity contribution in [2.75, 3.05) is 26.9 Å². The fourth-order valence-corrected chi connectivity index (χ4v) is 3.03. The number of nitrogens with one attached hydrogen (secondary N) is 1. The largest absolute Gasteiger partial charge is 0.496 e. The van der Waals surface area contributed by atoms with Crippen LogP contribution in [-0.4, -0.2) is 26.9 Å². The standard InChI is InChI=1S/C18H23NO2/c1-20-18-7-6-15(16-4-2-3-5-17(16)18)13-19-12-14-8-10-21-11-9-14/h2-7,14,19H,8-13H2,1H3. The molecule has 2 aromatic rings. The highest BCUT2D eigenvalue weighted by Gasteiger charge is 2.13. The van der Waals surface area contributed by atoms with Crippen LogP contribution in [-0.2, 0) is 11.3 Å². The first kappa shape index (κ1) is 14.4. The third-order valence-corrected chi connectivity index (χ3v) is 4.28. The highest BCUT2D eigenvalue weighted by Crippen LogP contribution is 2.28. The molecule has 21 heavy (non-hydrogen) atoms. The molecular weight excluding hydrogens is 262 g/mol. The average molecular weight is 285 g/mol. The van der Waals surface area contributed by atoms with E-state index in [4.69, 9.17) is 9.47 Å². The second kappa shape index (κ2) is 6.92. The van der Waals surface area contributed by atoms with Crippen LogP contribution in [0.25, 0.3) is 10.8 Å². The molecule has 0 bridgehead atoms. The SMILES string of the molecule is COc1ccc(CNCC2CCOCC2)c2ccccc12. The van der Waals surface area contributed by atoms with Crippen LogP contribution >= 0.6 is 0 Å². The van der Waals surface area contributed by atoms with E-state index in [1.807, 2.05) is 0 Å². The van der Waals surface area contributed by atoms with Gasteiger partial charge in [0.05, 0.1) is 7.11 Å². The van der Waals surface area contributed by atoms with Crippen molar-refractivity contribution in [1.29, 1.82) is 0 Å². The van der Waals surface area contributed by atoms with Crippen LogP contribution in [0.4, 0.5) is 0 Å². The van der Waals surface area contributed by atoms with Crippen molar-refractivity contribution in [3.63, 3.8) is 0 Å². The van der Waals surface area contributed by atoms with Crippen molar-refractivity contribution < 1.29 is 9.47 Å². The second-order valence-corrected chi connectivity index (χ2v) is 5.66. The number of benzene rings is 2. The number of hydrogen-bond donors (Lipinski definition) is 1. The first-order valence-corrected chi connectivity index (χ1v) is 7.71. The van der Waals surface area contributed by atoms with Gasteiger partial charge >= 0.3 is 0 Å². The quantitative estimate of drug-likeness (QED) is 0.913. The lowest BCUT2D eigenvalue weighted by Gasteiger charge is -2.22. The summed E-state index contributed by atoms with van der Waals surface area (Å²) in [5.74, 6) is 1.70. The molecule has 0 aromatic heterocycles. The minimum Gasteiger partial charge on any atom is -0.496 e. The third kappa shape index (κ3) is 3.36. The molecule has 0 aliphatic carbocycles. The van der Waals surface area contributed by atoms with Crippen LogP contribution in [0.3, 0.4) is 0 Å². The van der Waals surface area contributed by atoms with Gasteiger partial charge in [-0.25, -0.2) is 0 Å². The van der Waals surface area contributed by atoms with Crippen LogP contribution in [0.5, 0.6) is 5.75 Å². The molecule has 3 heteroatoms. The minimum absolute atomic E-state index is 0.753. The summed E-state index contributed by atoms with van der Waals surface area (Å²) in [6.45, 7) is 3.81. The predicted molar refractivity (Wildman–Crippen MR) is 85.7 cm³/mol. The molecular formula is C18H23NO2. The smallest absolute Gasteiger partial charge is 0.126 e. The molecule has 3 rings (SSSR count). The van der Waals surface area contributed by atoms with Gasteiger partial charge in [-0.1, -0.05) is 30.3 Å². The van der Waals surface area contributed by atoms with E-state index < -0.39 is 0 Å². The third-order valence-electron chi connectivity index (χ3n) is 4.28. The highest BCUT2D eigenvalue weighted by molar-refractivity contribution is 5.91. The summed E-state index contributed by atoms with van der Waals surface area (Å²) in [5.41, 5.74) is 1.33. The van der Waals surface area contributed by atoms with E-state index in [2.05, 4.69) is 41.7 Å². The lowest BCUT2D eigenvalue weighted by molar-refractivity contribution is 0.0662. The molecule has 0 radical (unpaired) electrons. The number of hydrogen-bond acceptors (Lipinski definition) is 3. The summed E-state index contributed by atoms with van der Waals surface area (Å²) >= 11 is 0. The van der Waals surface area contributed by atoms with Crippen molar-refractivity contribution in [1.82, 2.24) is 5.32 Å². The molecule has 1 saturated heterocycles. The van der Waals surface area contributed by atoms with Gasteiger partial charge in [0.1, 0.15) is 5.75 Å². The van der Waals surface area contributed by atoms with E-state index in [0.29, 0.717) is 0 Å². The van der Waals surface area contributed by atoms with Crippen molar-refractivity contribution in [3.8, 4) is 5.75 Å². The Morgan fingerprint density at radius 1 is 1.10 bits per heavy atom. The molecule has 0 saturated carbocycles. The fourth-order valence-electron chi connectivity index (χ4n) is 3.03. The zero-order valence-corrected chi connectivity index (χ0v) is 12.6. The molecule has 0 unspecified atom stereocenters. The monoisotopic (exact) mass is 285 g/mol. The van der Waals surface area contributed by atoms with Gasteiger partial charge in [-0.3, -0.25) is 0 Å². The predicted octanol–water partition coefficient (Wildman–Crippen LogP) is 3.36. The Hall–Kier alpha value is -1.58. The number of ether oxygens (including phenoxy) is 2. The normalized spacial score (nSPS) is 16.2. The molecule has 0 amide bonds. The topological polar surface area (TPSA) is 30.5 Å². The average Bonchev–Trinajstić information content (AvgIpc) is 2.56. The molecule has 0 spiro atoms. The maximum atomic E-state index is 5.45. The van der Waals surface area contributed by atoms with Gasteiger partial charge in [-0.05, 0) is 42.3 Å². The van der Waals surface area contributed by atoms with Gasteiger partial charge in [-0.2, -0.15) is 0 Å². The molecule has 1 fully saturated rings. The summed E-state index contributed by atoms with van der Waals surface area (Å²) in [4.78, 5) is 0. The maximum absolute atomic E-state index is 5.45. The van der Waals surface area contributed by atoms with Crippen LogP contribution < -0.4 is 10.1 Å². The maximum Gasteiger partial charge on any atom is 0.126 e. The Labute approximate surface area is 126 Å². The summed E-state index contributed by atoms with van der Waals surface area (Å²) in [5, 5.41) is 6.06. The van der Waals surface area contributed by atoms with E-state index in [1.54, 1.807) is 7.11 Å². The zero-order chi connectivity index (χ0) is 14.5. The second-order valence-electron chi connectivity index (χ2n) is 5.66. The molecule has 0 atom stereocenters. The molecule has 2 aromatic carbocycles. The molecule has 1 aliphatic heterocycles. The Balaban J connectivity index is 1.69. The van der Waals surface area contributed by atoms with Gasteiger partial charge in [0.2, 0.25) is 0 Å². The lowest BCUT2D eigenvalue weighted by atomic mass is 10.00. The van der Waals surface area contributed by atoms with Crippen LogP contribution in [0, 0.1) is 5.92 Å². The lowest BCUT2D eigenvalue weighted by Crippen LogP contribution is -2.27. The van der Waals surface area contributed by atoms with Gasteiger partial charge in [0.25, 0.3) is 0 Å². The molecule has 112 valence electrons. The summed E-state index contributed by atoms with van der Waals surface area (Å²) in [6, 6.07) is 12.7. The van der Waals surface area contributed by atoms with E-state index in [0.717, 1.165) is 38.0 Å². The fraction of sp³-hybridized carbons (Fsp3) is 0.444. The number of fused-ring (bicyclic) bond motifs is 1. The van der Waals surface area contributed by atoms with Gasteiger partial charge in [0, 0.05) is 25.1 Å². The van der Waals surface area contributed by atoms with Gasteiger partial charge in [0.15, 0.2) is 0 Å². The summed E-state index contributed by atoms with van der Waals surface area (Å²) in [7, 11) is 1.73. The molecule has 1 heterocycles. The van der Waals surface area contributed by atoms with Crippen molar-refractivity contribution in [3.05, 3.63) is 42.0 Å². The highest BCUT2D eigenvalue weighted by atomic mass is 16.5. The molecule has 3 nitrogen and oxygen atoms in total. The first-order chi connectivity index (χ1) is 10.4. The summed E-state index contributed by atoms with van der Waals surface area (Å²) in [6.07, 6.45) is 2.35. The van der Waals surface area contributed by atoms with Crippen LogP contribution in [0.1, 0.15) is 18.4 Å². The van der Waals surface area contributed by atoms with Gasteiger partial charge < -0.3 is 14.8 Å². The van der Waals surface area contributed by atoms with Gasteiger partial charge in [-0.15, -0.1) is 0 Å². The van der Waals surface area contributed by atoms with Crippen molar-refractivity contribution >= 4 is 10.8 Å². The Morgan fingerprint density at radius 2 is 1.86 bits per heavy atom. The van der Waals surface area contributed by atoms with E-state index in [-0.39, 0.29) is 0 Å². The Bertz CT molecular complexity index is 591. The molecule has 1 aliphatic rings. The van der Waals surface area contributed by atoms with E-state index in [1.165, 1.54) is 29.2 Å².